The van der Waals surface area contributed by atoms with Crippen LogP contribution in [-0.4, -0.2) is 10.0 Å². The van der Waals surface area contributed by atoms with Gasteiger partial charge in [0, 0.05) is 0 Å². The molecule has 0 aromatic rings. The van der Waals surface area contributed by atoms with E-state index in [4.69, 9.17) is 5.11 Å². The highest BCUT2D eigenvalue weighted by Crippen LogP contribution is 2.47. The van der Waals surface area contributed by atoms with Crippen LogP contribution in [0.5, 0.6) is 0 Å². The van der Waals surface area contributed by atoms with E-state index in [9.17, 15) is 10.1 Å². The zero-order valence-corrected chi connectivity index (χ0v) is 5.78. The number of hydrogen-bond donors (Lipinski definition) is 0. The molecule has 0 aliphatic heterocycles. The summed E-state index contributed by atoms with van der Waals surface area (Å²) in [5.74, 6) is 0.996. The van der Waals surface area contributed by atoms with E-state index in [1.54, 1.807) is 6.08 Å². The van der Waals surface area contributed by atoms with Gasteiger partial charge < -0.3 is 5.11 Å². The molecule has 58 valence electrons. The van der Waals surface area contributed by atoms with Gasteiger partial charge in [-0.25, -0.2) is 0 Å². The molecule has 0 amide bonds. The third kappa shape index (κ3) is 0.906. The Morgan fingerprint density at radius 1 is 1.73 bits per heavy atom. The third-order valence-corrected chi connectivity index (χ3v) is 2.14. The molecule has 0 saturated heterocycles. The maximum atomic E-state index is 10.3. The number of hydrogen-bond acceptors (Lipinski definition) is 2. The molecule has 0 aromatic carbocycles. The first-order chi connectivity index (χ1) is 5.18. The molecule has 2 unspecified atom stereocenters. The van der Waals surface area contributed by atoms with Crippen LogP contribution in [0, 0.1) is 22.0 Å². The first kappa shape index (κ1) is 6.39. The molecule has 2 atom stereocenters. The van der Waals surface area contributed by atoms with Crippen molar-refractivity contribution in [2.24, 2.45) is 11.8 Å². The monoisotopic (exact) mass is 154 g/mol. The van der Waals surface area contributed by atoms with Gasteiger partial charge in [0.1, 0.15) is 6.08 Å². The molecule has 4 nitrogen and oxygen atoms in total. The summed E-state index contributed by atoms with van der Waals surface area (Å²) in [6.07, 6.45) is 3.93. The Labute approximate surface area is 63.0 Å². The Hall–Kier alpha value is -1.32. The fourth-order valence-electron chi connectivity index (χ4n) is 1.40. The quantitative estimate of drug-likeness (QED) is 0.312. The largest absolute Gasteiger partial charge is 0.596 e. The molecule has 0 radical (unpaired) electrons. The topological polar surface area (TPSA) is 66.0 Å². The van der Waals surface area contributed by atoms with E-state index >= 15 is 0 Å². The van der Waals surface area contributed by atoms with Crippen LogP contribution in [0.25, 0.3) is 0 Å². The van der Waals surface area contributed by atoms with E-state index in [2.05, 4.69) is 0 Å². The normalized spacial score (nSPS) is 33.5. The second kappa shape index (κ2) is 1.84. The zero-order valence-electron chi connectivity index (χ0n) is 5.78. The van der Waals surface area contributed by atoms with Gasteiger partial charge in [-0.3, -0.25) is 10.1 Å². The lowest BCUT2D eigenvalue weighted by Gasteiger charge is -1.97. The van der Waals surface area contributed by atoms with E-state index < -0.39 is 4.92 Å². The SMILES string of the molecule is O=[N+]([O-])C1=CC2CC2C([OH2+])=C1. The lowest BCUT2D eigenvalue weighted by atomic mass is 10.1. The van der Waals surface area contributed by atoms with Crippen molar-refractivity contribution in [1.29, 1.82) is 0 Å². The molecule has 0 heterocycles. The van der Waals surface area contributed by atoms with Gasteiger partial charge in [-0.2, -0.15) is 0 Å². The minimum Gasteiger partial charge on any atom is -0.596 e. The fourth-order valence-corrected chi connectivity index (χ4v) is 1.40. The molecule has 1 fully saturated rings. The van der Waals surface area contributed by atoms with Crippen LogP contribution in [0.3, 0.4) is 0 Å². The van der Waals surface area contributed by atoms with Gasteiger partial charge in [-0.15, -0.1) is 0 Å². The van der Waals surface area contributed by atoms with Crippen LogP contribution >= 0.6 is 0 Å². The molecular weight excluding hydrogens is 146 g/mol. The Morgan fingerprint density at radius 3 is 3.00 bits per heavy atom. The second-order valence-electron chi connectivity index (χ2n) is 2.95. The van der Waals surface area contributed by atoms with Gasteiger partial charge in [0.05, 0.1) is 10.8 Å². The van der Waals surface area contributed by atoms with Crippen LogP contribution in [0.4, 0.5) is 0 Å². The summed E-state index contributed by atoms with van der Waals surface area (Å²) in [6.45, 7) is 0. The highest BCUT2D eigenvalue weighted by molar-refractivity contribution is 5.29. The number of nitrogens with zero attached hydrogens (tertiary/aromatic N) is 1. The predicted octanol–water partition coefficient (Wildman–Crippen LogP) is 0.405. The second-order valence-corrected chi connectivity index (χ2v) is 2.95. The van der Waals surface area contributed by atoms with Crippen LogP contribution < -0.4 is 0 Å². The van der Waals surface area contributed by atoms with Crippen molar-refractivity contribution in [1.82, 2.24) is 0 Å². The summed E-state index contributed by atoms with van der Waals surface area (Å²) in [4.78, 5) is 9.85. The van der Waals surface area contributed by atoms with Gasteiger partial charge in [0.25, 0.3) is 5.70 Å². The minimum atomic E-state index is -0.427. The molecule has 2 N–H and O–H groups in total. The summed E-state index contributed by atoms with van der Waals surface area (Å²) in [5, 5.41) is 17.6. The van der Waals surface area contributed by atoms with Crippen molar-refractivity contribution < 1.29 is 10.0 Å². The Balaban J connectivity index is 2.30. The number of rotatable bonds is 1. The summed E-state index contributed by atoms with van der Waals surface area (Å²) in [6, 6.07) is 0. The summed E-state index contributed by atoms with van der Waals surface area (Å²) < 4.78 is 0. The first-order valence-electron chi connectivity index (χ1n) is 3.48. The summed E-state index contributed by atoms with van der Waals surface area (Å²) in [7, 11) is 0. The molecule has 0 aromatic heterocycles. The average molecular weight is 154 g/mol. The highest BCUT2D eigenvalue weighted by Gasteiger charge is 2.46. The Kier molecular flexibility index (Phi) is 1.07. The molecule has 2 aliphatic carbocycles. The molecular formula is C7H8NO3+. The van der Waals surface area contributed by atoms with Crippen LogP contribution in [-0.2, 0) is 0 Å². The maximum Gasteiger partial charge on any atom is 0.274 e. The third-order valence-electron chi connectivity index (χ3n) is 2.14. The molecule has 0 bridgehead atoms. The summed E-state index contributed by atoms with van der Waals surface area (Å²) in [5.41, 5.74) is 0.0914. The van der Waals surface area contributed by atoms with Crippen molar-refractivity contribution in [3.8, 4) is 0 Å². The number of nitro groups is 1. The van der Waals surface area contributed by atoms with Crippen molar-refractivity contribution in [2.75, 3.05) is 0 Å². The number of allylic oxidation sites excluding steroid dienone is 3. The maximum absolute atomic E-state index is 10.3. The standard InChI is InChI=1S/C7H7NO3/c9-7-3-5(8(10)11)1-4-2-6(4)7/h1,3-4,6,9H,2H2/p+1. The molecule has 11 heavy (non-hydrogen) atoms. The molecule has 2 rings (SSSR count). The molecule has 1 saturated carbocycles. The van der Waals surface area contributed by atoms with Crippen LogP contribution in [0.1, 0.15) is 6.42 Å². The van der Waals surface area contributed by atoms with Crippen molar-refractivity contribution in [3.05, 3.63) is 33.7 Å². The lowest BCUT2D eigenvalue weighted by Crippen LogP contribution is -2.02. The van der Waals surface area contributed by atoms with E-state index in [-0.39, 0.29) is 11.6 Å². The van der Waals surface area contributed by atoms with E-state index in [0.717, 1.165) is 6.42 Å². The van der Waals surface area contributed by atoms with Crippen molar-refractivity contribution >= 4 is 0 Å². The first-order valence-corrected chi connectivity index (χ1v) is 3.48. The van der Waals surface area contributed by atoms with Gasteiger partial charge in [0.2, 0.25) is 5.76 Å². The van der Waals surface area contributed by atoms with Gasteiger partial charge in [-0.05, 0) is 18.4 Å². The van der Waals surface area contributed by atoms with Crippen LogP contribution in [0.15, 0.2) is 23.6 Å². The Bertz CT molecular complexity index is 279. The molecule has 0 spiro atoms. The van der Waals surface area contributed by atoms with E-state index in [1.165, 1.54) is 6.08 Å². The van der Waals surface area contributed by atoms with Crippen molar-refractivity contribution in [3.63, 3.8) is 0 Å². The highest BCUT2D eigenvalue weighted by atomic mass is 16.6. The zero-order chi connectivity index (χ0) is 8.01. The predicted molar refractivity (Wildman–Crippen MR) is 38.4 cm³/mol. The molecule has 2 aliphatic rings. The average Bonchev–Trinajstić information content (AvgIpc) is 2.66. The van der Waals surface area contributed by atoms with Gasteiger partial charge in [-0.1, -0.05) is 0 Å². The lowest BCUT2D eigenvalue weighted by molar-refractivity contribution is -0.419. The van der Waals surface area contributed by atoms with Gasteiger partial charge >= 0.3 is 0 Å². The smallest absolute Gasteiger partial charge is 0.274 e. The molecule has 4 heteroatoms. The number of fused-ring (bicyclic) bond motifs is 1. The summed E-state index contributed by atoms with van der Waals surface area (Å²) >= 11 is 0. The fraction of sp³-hybridized carbons (Fsp3) is 0.429. The minimum absolute atomic E-state index is 0.0914. The van der Waals surface area contributed by atoms with Gasteiger partial charge in [0.15, 0.2) is 0 Å². The van der Waals surface area contributed by atoms with E-state index in [1.807, 2.05) is 0 Å². The Morgan fingerprint density at radius 2 is 2.45 bits per heavy atom. The van der Waals surface area contributed by atoms with Crippen molar-refractivity contribution in [2.45, 2.75) is 6.42 Å². The van der Waals surface area contributed by atoms with E-state index in [0.29, 0.717) is 11.7 Å². The van der Waals surface area contributed by atoms with Crippen LogP contribution in [0.2, 0.25) is 0 Å².